The van der Waals surface area contributed by atoms with E-state index < -0.39 is 0 Å². The summed E-state index contributed by atoms with van der Waals surface area (Å²) in [7, 11) is 0. The molecule has 0 aliphatic heterocycles. The summed E-state index contributed by atoms with van der Waals surface area (Å²) in [5.74, 6) is 0. The summed E-state index contributed by atoms with van der Waals surface area (Å²) in [4.78, 5) is 13.3. The van der Waals surface area contributed by atoms with Gasteiger partial charge >= 0.3 is 0 Å². The number of H-pyrrole nitrogens is 1. The second kappa shape index (κ2) is 3.73. The Balaban J connectivity index is 2.88. The second-order valence-corrected chi connectivity index (χ2v) is 2.12. The molecule has 1 rings (SSSR count). The van der Waals surface area contributed by atoms with Crippen LogP contribution in [-0.2, 0) is 0 Å². The summed E-state index contributed by atoms with van der Waals surface area (Å²) in [5.41, 5.74) is 6.02. The van der Waals surface area contributed by atoms with Crippen LogP contribution in [0.25, 0.3) is 6.08 Å². The summed E-state index contributed by atoms with van der Waals surface area (Å²) in [6.07, 6.45) is 5.22. The number of aromatic nitrogens is 1. The molecular formula is C8H10N2O. The van der Waals surface area contributed by atoms with Gasteiger partial charge in [-0.3, -0.25) is 4.79 Å². The summed E-state index contributed by atoms with van der Waals surface area (Å²) < 4.78 is 0. The van der Waals surface area contributed by atoms with E-state index >= 15 is 0 Å². The van der Waals surface area contributed by atoms with Crippen LogP contribution in [-0.4, -0.2) is 11.5 Å². The van der Waals surface area contributed by atoms with Crippen LogP contribution in [0.3, 0.4) is 0 Å². The molecule has 0 bridgehead atoms. The first-order valence-electron chi connectivity index (χ1n) is 3.38. The Morgan fingerprint density at radius 1 is 1.64 bits per heavy atom. The maximum Gasteiger partial charge on any atom is 0.248 e. The van der Waals surface area contributed by atoms with Crippen LogP contribution in [0.2, 0.25) is 0 Å². The van der Waals surface area contributed by atoms with Gasteiger partial charge in [-0.05, 0) is 11.6 Å². The molecule has 0 fully saturated rings. The predicted molar refractivity (Wildman–Crippen MR) is 45.2 cm³/mol. The average Bonchev–Trinajstić information content (AvgIpc) is 2.01. The van der Waals surface area contributed by atoms with Crippen molar-refractivity contribution in [1.82, 2.24) is 4.98 Å². The van der Waals surface area contributed by atoms with Crippen molar-refractivity contribution in [1.29, 1.82) is 0 Å². The fourth-order valence-electron chi connectivity index (χ4n) is 0.769. The lowest BCUT2D eigenvalue weighted by Gasteiger charge is -1.88. The van der Waals surface area contributed by atoms with E-state index in [1.165, 1.54) is 6.07 Å². The number of nitrogens with one attached hydrogen (secondary N) is 1. The van der Waals surface area contributed by atoms with Crippen molar-refractivity contribution in [2.45, 2.75) is 0 Å². The van der Waals surface area contributed by atoms with E-state index in [0.717, 1.165) is 5.56 Å². The second-order valence-electron chi connectivity index (χ2n) is 2.12. The van der Waals surface area contributed by atoms with Gasteiger partial charge in [-0.2, -0.15) is 0 Å². The van der Waals surface area contributed by atoms with E-state index in [9.17, 15) is 4.79 Å². The number of aromatic amines is 1. The van der Waals surface area contributed by atoms with Gasteiger partial charge in [0.2, 0.25) is 5.56 Å². The molecule has 0 radical (unpaired) electrons. The third kappa shape index (κ3) is 2.39. The summed E-state index contributed by atoms with van der Waals surface area (Å²) in [5, 5.41) is 0. The van der Waals surface area contributed by atoms with Gasteiger partial charge in [0.1, 0.15) is 0 Å². The smallest absolute Gasteiger partial charge is 0.248 e. The van der Waals surface area contributed by atoms with Crippen molar-refractivity contribution >= 4 is 6.08 Å². The molecule has 0 saturated heterocycles. The lowest BCUT2D eigenvalue weighted by atomic mass is 10.2. The number of nitrogens with two attached hydrogens (primary N) is 1. The SMILES string of the molecule is NCC=Cc1cc[nH]c(=O)c1. The first-order chi connectivity index (χ1) is 5.33. The minimum Gasteiger partial charge on any atom is -0.329 e. The highest BCUT2D eigenvalue weighted by Gasteiger charge is 1.84. The van der Waals surface area contributed by atoms with Crippen LogP contribution in [0.4, 0.5) is 0 Å². The molecule has 1 heterocycles. The summed E-state index contributed by atoms with van der Waals surface area (Å²) in [6, 6.07) is 3.33. The van der Waals surface area contributed by atoms with Crippen LogP contribution < -0.4 is 11.3 Å². The van der Waals surface area contributed by atoms with Crippen LogP contribution in [0.1, 0.15) is 5.56 Å². The Morgan fingerprint density at radius 3 is 3.09 bits per heavy atom. The highest BCUT2D eigenvalue weighted by molar-refractivity contribution is 5.47. The highest BCUT2D eigenvalue weighted by Crippen LogP contribution is 1.94. The molecule has 0 atom stereocenters. The third-order valence-electron chi connectivity index (χ3n) is 1.25. The molecule has 3 N–H and O–H groups in total. The molecule has 0 aliphatic rings. The van der Waals surface area contributed by atoms with Gasteiger partial charge in [0, 0.05) is 18.8 Å². The molecule has 58 valence electrons. The fraction of sp³-hybridized carbons (Fsp3) is 0.125. The molecule has 0 amide bonds. The summed E-state index contributed by atoms with van der Waals surface area (Å²) >= 11 is 0. The van der Waals surface area contributed by atoms with E-state index in [-0.39, 0.29) is 5.56 Å². The maximum atomic E-state index is 10.7. The van der Waals surface area contributed by atoms with Gasteiger partial charge in [0.05, 0.1) is 0 Å². The Labute approximate surface area is 64.6 Å². The molecule has 0 aromatic carbocycles. The van der Waals surface area contributed by atoms with Crippen LogP contribution in [0, 0.1) is 0 Å². The third-order valence-corrected chi connectivity index (χ3v) is 1.25. The van der Waals surface area contributed by atoms with E-state index in [0.29, 0.717) is 6.54 Å². The first kappa shape index (κ1) is 7.75. The lowest BCUT2D eigenvalue weighted by Crippen LogP contribution is -2.02. The van der Waals surface area contributed by atoms with Gasteiger partial charge < -0.3 is 10.7 Å². The van der Waals surface area contributed by atoms with Gasteiger partial charge in [0.25, 0.3) is 0 Å². The zero-order chi connectivity index (χ0) is 8.10. The molecule has 1 aromatic rings. The minimum atomic E-state index is -0.0934. The Bertz CT molecular complexity index is 301. The Hall–Kier alpha value is -1.35. The predicted octanol–water partition coefficient (Wildman–Crippen LogP) is 0.347. The van der Waals surface area contributed by atoms with E-state index in [2.05, 4.69) is 4.98 Å². The lowest BCUT2D eigenvalue weighted by molar-refractivity contribution is 1.23. The minimum absolute atomic E-state index is 0.0934. The Kier molecular flexibility index (Phi) is 2.63. The first-order valence-corrected chi connectivity index (χ1v) is 3.38. The normalized spacial score (nSPS) is 10.6. The Morgan fingerprint density at radius 2 is 2.45 bits per heavy atom. The maximum absolute atomic E-state index is 10.7. The molecule has 1 aromatic heterocycles. The molecule has 11 heavy (non-hydrogen) atoms. The van der Waals surface area contributed by atoms with Crippen molar-refractivity contribution in [2.24, 2.45) is 5.73 Å². The molecule has 0 aliphatic carbocycles. The number of hydrogen-bond acceptors (Lipinski definition) is 2. The quantitative estimate of drug-likeness (QED) is 0.639. The summed E-state index contributed by atoms with van der Waals surface area (Å²) in [6.45, 7) is 0.493. The van der Waals surface area contributed by atoms with Crippen molar-refractivity contribution in [2.75, 3.05) is 6.54 Å². The highest BCUT2D eigenvalue weighted by atomic mass is 16.1. The molecule has 3 heteroatoms. The van der Waals surface area contributed by atoms with Crippen molar-refractivity contribution < 1.29 is 0 Å². The van der Waals surface area contributed by atoms with E-state index in [1.54, 1.807) is 12.3 Å². The topological polar surface area (TPSA) is 58.9 Å². The monoisotopic (exact) mass is 150 g/mol. The van der Waals surface area contributed by atoms with E-state index in [1.807, 2.05) is 12.1 Å². The molecule has 0 unspecified atom stereocenters. The largest absolute Gasteiger partial charge is 0.329 e. The molecule has 3 nitrogen and oxygen atoms in total. The van der Waals surface area contributed by atoms with Crippen molar-refractivity contribution in [3.05, 3.63) is 40.3 Å². The molecule has 0 spiro atoms. The zero-order valence-corrected chi connectivity index (χ0v) is 6.08. The van der Waals surface area contributed by atoms with Gasteiger partial charge in [0.15, 0.2) is 0 Å². The average molecular weight is 150 g/mol. The number of rotatable bonds is 2. The molecular weight excluding hydrogens is 140 g/mol. The van der Waals surface area contributed by atoms with E-state index in [4.69, 9.17) is 5.73 Å². The van der Waals surface area contributed by atoms with Gasteiger partial charge in [-0.15, -0.1) is 0 Å². The van der Waals surface area contributed by atoms with Crippen LogP contribution in [0.15, 0.2) is 29.2 Å². The molecule has 0 saturated carbocycles. The standard InChI is InChI=1S/C8H10N2O/c9-4-1-2-7-3-5-10-8(11)6-7/h1-3,5-6H,4,9H2,(H,10,11). The van der Waals surface area contributed by atoms with Crippen molar-refractivity contribution in [3.63, 3.8) is 0 Å². The van der Waals surface area contributed by atoms with Crippen LogP contribution in [0.5, 0.6) is 0 Å². The van der Waals surface area contributed by atoms with Gasteiger partial charge in [-0.1, -0.05) is 12.2 Å². The van der Waals surface area contributed by atoms with Gasteiger partial charge in [-0.25, -0.2) is 0 Å². The fourth-order valence-corrected chi connectivity index (χ4v) is 0.769. The van der Waals surface area contributed by atoms with Crippen LogP contribution >= 0.6 is 0 Å². The number of hydrogen-bond donors (Lipinski definition) is 2. The number of pyridine rings is 1. The van der Waals surface area contributed by atoms with Crippen molar-refractivity contribution in [3.8, 4) is 0 Å². The zero-order valence-electron chi connectivity index (χ0n) is 6.08.